The Balaban J connectivity index is 3.49. The molecule has 0 bridgehead atoms. The molecule has 0 saturated carbocycles. The highest BCUT2D eigenvalue weighted by atomic mass is 32.2. The van der Waals surface area contributed by atoms with Gasteiger partial charge in [0.05, 0.1) is 18.4 Å². The summed E-state index contributed by atoms with van der Waals surface area (Å²) in [6, 6.07) is 1.90. The quantitative estimate of drug-likeness (QED) is 0.457. The van der Waals surface area contributed by atoms with E-state index in [1.807, 2.05) is 6.07 Å². The number of nitriles is 1. The summed E-state index contributed by atoms with van der Waals surface area (Å²) in [4.78, 5) is 0. The summed E-state index contributed by atoms with van der Waals surface area (Å²) in [5.41, 5.74) is 0. The molecule has 0 aliphatic rings. The molecule has 5 heteroatoms. The molecule has 0 aromatic rings. The Morgan fingerprint density at radius 2 is 2.18 bits per heavy atom. The smallest absolute Gasteiger partial charge is 0.267 e. The van der Waals surface area contributed by atoms with Crippen molar-refractivity contribution in [1.29, 1.82) is 5.26 Å². The lowest BCUT2D eigenvalue weighted by molar-refractivity contribution is 0.314. The number of hydrogen-bond acceptors (Lipinski definition) is 4. The van der Waals surface area contributed by atoms with Crippen molar-refractivity contribution in [2.45, 2.75) is 19.8 Å². The van der Waals surface area contributed by atoms with Crippen molar-refractivity contribution < 1.29 is 12.6 Å². The van der Waals surface area contributed by atoms with Crippen molar-refractivity contribution in [3.8, 4) is 6.07 Å². The van der Waals surface area contributed by atoms with E-state index in [1.54, 1.807) is 0 Å². The molecule has 0 aliphatic heterocycles. The first kappa shape index (κ1) is 10.4. The van der Waals surface area contributed by atoms with Gasteiger partial charge in [0.1, 0.15) is 0 Å². The van der Waals surface area contributed by atoms with E-state index in [0.717, 1.165) is 0 Å². The Morgan fingerprint density at radius 1 is 1.55 bits per heavy atom. The second-order valence-electron chi connectivity index (χ2n) is 1.93. The number of nitrogens with zero attached hydrogens (tertiary/aromatic N) is 1. The second kappa shape index (κ2) is 5.10. The highest BCUT2D eigenvalue weighted by Gasteiger charge is 2.05. The van der Waals surface area contributed by atoms with Crippen LogP contribution in [0.2, 0.25) is 0 Å². The highest BCUT2D eigenvalue weighted by Crippen LogP contribution is 1.95. The molecule has 0 saturated heterocycles. The maximum absolute atomic E-state index is 10.7. The minimum atomic E-state index is -3.31. The van der Waals surface area contributed by atoms with Gasteiger partial charge in [-0.15, -0.1) is 0 Å². The molecule has 4 nitrogen and oxygen atoms in total. The monoisotopic (exact) mass is 177 g/mol. The fraction of sp³-hybridized carbons (Fsp3) is 0.833. The zero-order valence-corrected chi connectivity index (χ0v) is 7.23. The van der Waals surface area contributed by atoms with E-state index in [-0.39, 0.29) is 12.4 Å². The second-order valence-corrected chi connectivity index (χ2v) is 3.86. The minimum absolute atomic E-state index is 0.0143. The first-order valence-electron chi connectivity index (χ1n) is 3.36. The van der Waals surface area contributed by atoms with E-state index in [0.29, 0.717) is 12.8 Å². The van der Waals surface area contributed by atoms with Crippen molar-refractivity contribution in [1.82, 2.24) is 0 Å². The standard InChI is InChI=1S/C6H11NO3S/c1-2-11(8,9)10-6-4-3-5-7/h2-4,6H2,1H3. The Bertz CT molecular complexity index is 227. The van der Waals surface area contributed by atoms with Gasteiger partial charge in [-0.05, 0) is 13.3 Å². The van der Waals surface area contributed by atoms with E-state index < -0.39 is 10.1 Å². The molecule has 0 radical (unpaired) electrons. The van der Waals surface area contributed by atoms with Crippen LogP contribution in [-0.4, -0.2) is 20.8 Å². The van der Waals surface area contributed by atoms with Gasteiger partial charge in [-0.25, -0.2) is 0 Å². The maximum atomic E-state index is 10.7. The lowest BCUT2D eigenvalue weighted by Gasteiger charge is -1.99. The first-order chi connectivity index (χ1) is 5.12. The molecule has 11 heavy (non-hydrogen) atoms. The first-order valence-corrected chi connectivity index (χ1v) is 4.94. The molecule has 0 aromatic heterocycles. The number of hydrogen-bond donors (Lipinski definition) is 0. The van der Waals surface area contributed by atoms with Crippen molar-refractivity contribution in [3.63, 3.8) is 0 Å². The zero-order chi connectivity index (χ0) is 8.74. The molecule has 0 atom stereocenters. The normalized spacial score (nSPS) is 10.9. The molecule has 0 unspecified atom stereocenters. The van der Waals surface area contributed by atoms with Crippen molar-refractivity contribution >= 4 is 10.1 Å². The fourth-order valence-corrected chi connectivity index (χ4v) is 0.959. The Kier molecular flexibility index (Phi) is 4.83. The average Bonchev–Trinajstić information content (AvgIpc) is 1.99. The van der Waals surface area contributed by atoms with E-state index in [9.17, 15) is 8.42 Å². The SMILES string of the molecule is CCS(=O)(=O)OCCCC#N. The van der Waals surface area contributed by atoms with Gasteiger partial charge in [0.15, 0.2) is 0 Å². The van der Waals surface area contributed by atoms with Gasteiger partial charge in [0.2, 0.25) is 0 Å². The van der Waals surface area contributed by atoms with Crippen LogP contribution < -0.4 is 0 Å². The fourth-order valence-electron chi connectivity index (χ4n) is 0.420. The third kappa shape index (κ3) is 5.83. The minimum Gasteiger partial charge on any atom is -0.270 e. The number of unbranched alkanes of at least 4 members (excludes halogenated alkanes) is 1. The Morgan fingerprint density at radius 3 is 2.64 bits per heavy atom. The molecule has 0 spiro atoms. The van der Waals surface area contributed by atoms with E-state index >= 15 is 0 Å². The van der Waals surface area contributed by atoms with Crippen molar-refractivity contribution in [3.05, 3.63) is 0 Å². The lowest BCUT2D eigenvalue weighted by Crippen LogP contribution is -2.08. The molecule has 0 fully saturated rings. The highest BCUT2D eigenvalue weighted by molar-refractivity contribution is 7.86. The maximum Gasteiger partial charge on any atom is 0.267 e. The van der Waals surface area contributed by atoms with Crippen LogP contribution in [-0.2, 0) is 14.3 Å². The summed E-state index contributed by atoms with van der Waals surface area (Å²) in [6.07, 6.45) is 0.801. The molecule has 0 N–H and O–H groups in total. The van der Waals surface area contributed by atoms with Gasteiger partial charge < -0.3 is 0 Å². The van der Waals surface area contributed by atoms with Gasteiger partial charge in [-0.2, -0.15) is 13.7 Å². The van der Waals surface area contributed by atoms with Crippen LogP contribution >= 0.6 is 0 Å². The van der Waals surface area contributed by atoms with Crippen LogP contribution in [0.15, 0.2) is 0 Å². The predicted molar refractivity (Wildman–Crippen MR) is 40.3 cm³/mol. The van der Waals surface area contributed by atoms with E-state index in [2.05, 4.69) is 4.18 Å². The average molecular weight is 177 g/mol. The summed E-state index contributed by atoms with van der Waals surface area (Å²) in [6.45, 7) is 1.63. The molecule has 0 rings (SSSR count). The van der Waals surface area contributed by atoms with Crippen LogP contribution in [0, 0.1) is 11.3 Å². The van der Waals surface area contributed by atoms with Gasteiger partial charge in [0, 0.05) is 6.42 Å². The van der Waals surface area contributed by atoms with Crippen LogP contribution in [0.1, 0.15) is 19.8 Å². The molecule has 0 amide bonds. The van der Waals surface area contributed by atoms with Gasteiger partial charge in [-0.1, -0.05) is 0 Å². The Hall–Kier alpha value is -0.600. The van der Waals surface area contributed by atoms with Crippen LogP contribution in [0.5, 0.6) is 0 Å². The lowest BCUT2D eigenvalue weighted by atomic mass is 10.4. The van der Waals surface area contributed by atoms with Gasteiger partial charge in [0.25, 0.3) is 10.1 Å². The summed E-state index contributed by atoms with van der Waals surface area (Å²) in [5.74, 6) is -0.0143. The van der Waals surface area contributed by atoms with Crippen LogP contribution in [0.4, 0.5) is 0 Å². The molecule has 64 valence electrons. The Labute approximate surface area is 66.9 Å². The molecule has 0 aromatic carbocycles. The third-order valence-electron chi connectivity index (χ3n) is 1.05. The summed E-state index contributed by atoms with van der Waals surface area (Å²) < 4.78 is 25.8. The summed E-state index contributed by atoms with van der Waals surface area (Å²) in [5, 5.41) is 8.10. The van der Waals surface area contributed by atoms with Crippen molar-refractivity contribution in [2.75, 3.05) is 12.4 Å². The van der Waals surface area contributed by atoms with Crippen LogP contribution in [0.3, 0.4) is 0 Å². The van der Waals surface area contributed by atoms with E-state index in [1.165, 1.54) is 6.92 Å². The predicted octanol–water partition coefficient (Wildman–Crippen LogP) is 0.656. The summed E-state index contributed by atoms with van der Waals surface area (Å²) >= 11 is 0. The zero-order valence-electron chi connectivity index (χ0n) is 6.41. The van der Waals surface area contributed by atoms with Crippen molar-refractivity contribution in [2.24, 2.45) is 0 Å². The van der Waals surface area contributed by atoms with E-state index in [4.69, 9.17) is 5.26 Å². The number of rotatable bonds is 5. The molecule has 0 heterocycles. The topological polar surface area (TPSA) is 67.2 Å². The molecular weight excluding hydrogens is 166 g/mol. The summed E-state index contributed by atoms with van der Waals surface area (Å²) in [7, 11) is -3.31. The van der Waals surface area contributed by atoms with Crippen LogP contribution in [0.25, 0.3) is 0 Å². The molecule has 0 aliphatic carbocycles. The van der Waals surface area contributed by atoms with Gasteiger partial charge >= 0.3 is 0 Å². The molecular formula is C6H11NO3S. The van der Waals surface area contributed by atoms with Gasteiger partial charge in [-0.3, -0.25) is 4.18 Å². The largest absolute Gasteiger partial charge is 0.270 e. The third-order valence-corrected chi connectivity index (χ3v) is 2.28.